The van der Waals surface area contributed by atoms with Crippen LogP contribution in [0.25, 0.3) is 5.82 Å². The van der Waals surface area contributed by atoms with E-state index in [4.69, 9.17) is 0 Å². The second-order valence-corrected chi connectivity index (χ2v) is 9.54. The first-order chi connectivity index (χ1) is 15.6. The zero-order chi connectivity index (χ0) is 22.0. The average Bonchev–Trinajstić information content (AvgIpc) is 3.33. The third-order valence-electron chi connectivity index (χ3n) is 6.94. The lowest BCUT2D eigenvalue weighted by molar-refractivity contribution is 0.314. The van der Waals surface area contributed by atoms with Gasteiger partial charge in [0.1, 0.15) is 0 Å². The van der Waals surface area contributed by atoms with Crippen molar-refractivity contribution in [1.82, 2.24) is 20.0 Å². The van der Waals surface area contributed by atoms with Gasteiger partial charge in [-0.1, -0.05) is 87.7 Å². The quantitative estimate of drug-likeness (QED) is 0.371. The van der Waals surface area contributed by atoms with Crippen LogP contribution < -0.4 is 0 Å². The minimum Gasteiger partial charge on any atom is -0.235 e. The van der Waals surface area contributed by atoms with E-state index in [9.17, 15) is 0 Å². The fourth-order valence-electron chi connectivity index (χ4n) is 4.50. The van der Waals surface area contributed by atoms with Crippen molar-refractivity contribution in [3.05, 3.63) is 107 Å². The summed E-state index contributed by atoms with van der Waals surface area (Å²) in [5.41, 5.74) is 6.63. The lowest BCUT2D eigenvalue weighted by Gasteiger charge is -2.28. The molecule has 32 heavy (non-hydrogen) atoms. The predicted molar refractivity (Wildman–Crippen MR) is 128 cm³/mol. The molecule has 2 aromatic carbocycles. The van der Waals surface area contributed by atoms with Crippen molar-refractivity contribution in [1.29, 1.82) is 0 Å². The SMILES string of the molecule is CC(C)(c1ccc(Cc2ccc(-n3nccn3)nc2)cc1)c1ccc(CC2CCC2)cc1. The van der Waals surface area contributed by atoms with Crippen LogP contribution in [0.15, 0.2) is 79.3 Å². The second-order valence-electron chi connectivity index (χ2n) is 9.54. The number of hydrogen-bond donors (Lipinski definition) is 0. The summed E-state index contributed by atoms with van der Waals surface area (Å²) >= 11 is 0. The standard InChI is InChI=1S/C28H30N4/c1-28(2,25-11-6-22(7-12-25)18-21-4-3-5-21)26-13-8-23(9-14-26)19-24-10-15-27(29-20-24)32-30-16-17-31-32/h6-17,20-21H,3-5,18-19H2,1-2H3. The molecule has 0 N–H and O–H groups in total. The maximum atomic E-state index is 4.49. The highest BCUT2D eigenvalue weighted by Gasteiger charge is 2.23. The van der Waals surface area contributed by atoms with E-state index in [0.717, 1.165) is 18.2 Å². The van der Waals surface area contributed by atoms with Crippen LogP contribution in [0.5, 0.6) is 0 Å². The molecule has 0 radical (unpaired) electrons. The number of rotatable bonds is 7. The minimum absolute atomic E-state index is 0.0203. The van der Waals surface area contributed by atoms with Gasteiger partial charge in [0, 0.05) is 11.6 Å². The first-order valence-corrected chi connectivity index (χ1v) is 11.6. The van der Waals surface area contributed by atoms with E-state index in [0.29, 0.717) is 0 Å². The number of nitrogens with zero attached hydrogens (tertiary/aromatic N) is 4. The molecular formula is C28H30N4. The Bertz CT molecular complexity index is 1140. The molecular weight excluding hydrogens is 392 g/mol. The van der Waals surface area contributed by atoms with Crippen molar-refractivity contribution < 1.29 is 0 Å². The highest BCUT2D eigenvalue weighted by molar-refractivity contribution is 5.40. The summed E-state index contributed by atoms with van der Waals surface area (Å²) in [7, 11) is 0. The molecule has 2 aromatic heterocycles. The molecule has 0 saturated heterocycles. The molecule has 4 heteroatoms. The van der Waals surface area contributed by atoms with Gasteiger partial charge in [0.25, 0.3) is 0 Å². The third kappa shape index (κ3) is 4.36. The summed E-state index contributed by atoms with van der Waals surface area (Å²) in [6.45, 7) is 4.63. The van der Waals surface area contributed by atoms with E-state index < -0.39 is 0 Å². The molecule has 0 bridgehead atoms. The summed E-state index contributed by atoms with van der Waals surface area (Å²) in [6, 6.07) is 22.4. The first kappa shape index (κ1) is 20.6. The summed E-state index contributed by atoms with van der Waals surface area (Å²) in [6.07, 6.45) is 11.5. The van der Waals surface area contributed by atoms with Crippen LogP contribution in [-0.2, 0) is 18.3 Å². The van der Waals surface area contributed by atoms with Gasteiger partial charge in [-0.2, -0.15) is 10.2 Å². The first-order valence-electron chi connectivity index (χ1n) is 11.6. The maximum absolute atomic E-state index is 4.49. The highest BCUT2D eigenvalue weighted by atomic mass is 15.5. The lowest BCUT2D eigenvalue weighted by atomic mass is 9.76. The minimum atomic E-state index is -0.0203. The summed E-state index contributed by atoms with van der Waals surface area (Å²) in [5.74, 6) is 1.64. The van der Waals surface area contributed by atoms with E-state index in [1.807, 2.05) is 12.3 Å². The molecule has 1 aliphatic carbocycles. The predicted octanol–water partition coefficient (Wildman–Crippen LogP) is 5.92. The van der Waals surface area contributed by atoms with Gasteiger partial charge in [-0.05, 0) is 52.6 Å². The van der Waals surface area contributed by atoms with Crippen molar-refractivity contribution in [2.24, 2.45) is 5.92 Å². The van der Waals surface area contributed by atoms with Gasteiger partial charge in [-0.15, -0.1) is 4.80 Å². The molecule has 0 atom stereocenters. The van der Waals surface area contributed by atoms with Gasteiger partial charge in [0.15, 0.2) is 5.82 Å². The van der Waals surface area contributed by atoms with Gasteiger partial charge >= 0.3 is 0 Å². The molecule has 0 unspecified atom stereocenters. The van der Waals surface area contributed by atoms with E-state index >= 15 is 0 Å². The Balaban J connectivity index is 1.26. The number of aromatic nitrogens is 4. The molecule has 1 fully saturated rings. The molecule has 162 valence electrons. The fourth-order valence-corrected chi connectivity index (χ4v) is 4.50. The van der Waals surface area contributed by atoms with Crippen LogP contribution in [0.2, 0.25) is 0 Å². The zero-order valence-electron chi connectivity index (χ0n) is 18.9. The Morgan fingerprint density at radius 2 is 1.38 bits per heavy atom. The Morgan fingerprint density at radius 3 is 1.91 bits per heavy atom. The molecule has 0 aliphatic heterocycles. The molecule has 5 rings (SSSR count). The van der Waals surface area contributed by atoms with E-state index in [1.165, 1.54) is 58.3 Å². The molecule has 4 aromatic rings. The number of hydrogen-bond acceptors (Lipinski definition) is 3. The van der Waals surface area contributed by atoms with Gasteiger partial charge in [-0.25, -0.2) is 4.98 Å². The van der Waals surface area contributed by atoms with Crippen molar-refractivity contribution in [2.75, 3.05) is 0 Å². The molecule has 0 amide bonds. The highest BCUT2D eigenvalue weighted by Crippen LogP contribution is 2.33. The van der Waals surface area contributed by atoms with Crippen LogP contribution in [0.1, 0.15) is 60.9 Å². The summed E-state index contributed by atoms with van der Waals surface area (Å²) in [5, 5.41) is 8.25. The van der Waals surface area contributed by atoms with Crippen molar-refractivity contribution in [3.63, 3.8) is 0 Å². The van der Waals surface area contributed by atoms with E-state index in [1.54, 1.807) is 12.4 Å². The monoisotopic (exact) mass is 422 g/mol. The van der Waals surface area contributed by atoms with Gasteiger partial charge in [-0.3, -0.25) is 0 Å². The second kappa shape index (κ2) is 8.70. The van der Waals surface area contributed by atoms with Crippen LogP contribution in [0.3, 0.4) is 0 Å². The zero-order valence-corrected chi connectivity index (χ0v) is 18.9. The van der Waals surface area contributed by atoms with Gasteiger partial charge in [0.2, 0.25) is 0 Å². The van der Waals surface area contributed by atoms with Gasteiger partial charge < -0.3 is 0 Å². The van der Waals surface area contributed by atoms with Gasteiger partial charge in [0.05, 0.1) is 12.4 Å². The largest absolute Gasteiger partial charge is 0.235 e. The number of benzene rings is 2. The Hall–Kier alpha value is -3.27. The fraction of sp³-hybridized carbons (Fsp3) is 0.321. The Kier molecular flexibility index (Phi) is 5.60. The van der Waals surface area contributed by atoms with E-state index in [-0.39, 0.29) is 5.41 Å². The molecule has 1 saturated carbocycles. The normalized spacial score (nSPS) is 14.3. The van der Waals surface area contributed by atoms with Crippen LogP contribution in [0, 0.1) is 5.92 Å². The van der Waals surface area contributed by atoms with Crippen LogP contribution >= 0.6 is 0 Å². The van der Waals surface area contributed by atoms with Crippen molar-refractivity contribution >= 4 is 0 Å². The Labute approximate surface area is 190 Å². The average molecular weight is 423 g/mol. The summed E-state index contributed by atoms with van der Waals surface area (Å²) < 4.78 is 0. The van der Waals surface area contributed by atoms with E-state index in [2.05, 4.69) is 83.6 Å². The molecule has 2 heterocycles. The smallest absolute Gasteiger partial charge is 0.174 e. The maximum Gasteiger partial charge on any atom is 0.174 e. The molecule has 4 nitrogen and oxygen atoms in total. The van der Waals surface area contributed by atoms with Crippen LogP contribution in [-0.4, -0.2) is 20.0 Å². The van der Waals surface area contributed by atoms with Crippen molar-refractivity contribution in [3.8, 4) is 5.82 Å². The topological polar surface area (TPSA) is 43.6 Å². The molecule has 1 aliphatic rings. The van der Waals surface area contributed by atoms with Crippen molar-refractivity contribution in [2.45, 2.75) is 51.4 Å². The third-order valence-corrected chi connectivity index (χ3v) is 6.94. The van der Waals surface area contributed by atoms with Crippen LogP contribution in [0.4, 0.5) is 0 Å². The Morgan fingerprint density at radius 1 is 0.781 bits per heavy atom. The molecule has 0 spiro atoms. The lowest BCUT2D eigenvalue weighted by Crippen LogP contribution is -2.19. The number of pyridine rings is 1. The summed E-state index contributed by atoms with van der Waals surface area (Å²) in [4.78, 5) is 6.01.